The molecule has 3 aliphatic heterocycles. The van der Waals surface area contributed by atoms with Gasteiger partial charge in [0.15, 0.2) is 0 Å². The number of pyridine rings is 1. The summed E-state index contributed by atoms with van der Waals surface area (Å²) in [4.78, 5) is 20.1. The van der Waals surface area contributed by atoms with Crippen molar-refractivity contribution >= 4 is 21.8 Å². The molecule has 0 bridgehead atoms. The van der Waals surface area contributed by atoms with E-state index < -0.39 is 0 Å². The summed E-state index contributed by atoms with van der Waals surface area (Å²) in [6.45, 7) is 7.15. The highest BCUT2D eigenvalue weighted by Crippen LogP contribution is 2.35. The van der Waals surface area contributed by atoms with E-state index in [9.17, 15) is 0 Å². The van der Waals surface area contributed by atoms with E-state index in [1.807, 2.05) is 6.20 Å². The molecule has 4 heterocycles. The molecule has 2 atom stereocenters. The van der Waals surface area contributed by atoms with Gasteiger partial charge >= 0.3 is 0 Å². The van der Waals surface area contributed by atoms with Crippen LogP contribution in [0.15, 0.2) is 76.1 Å². The number of hydrogen-bond acceptors (Lipinski definition) is 6. The van der Waals surface area contributed by atoms with Crippen molar-refractivity contribution in [2.24, 2.45) is 4.99 Å². The lowest BCUT2D eigenvalue weighted by Crippen LogP contribution is -2.48. The van der Waals surface area contributed by atoms with Gasteiger partial charge in [0.2, 0.25) is 0 Å². The fourth-order valence-electron chi connectivity index (χ4n) is 6.00. The van der Waals surface area contributed by atoms with Crippen LogP contribution in [0.2, 0.25) is 0 Å². The summed E-state index contributed by atoms with van der Waals surface area (Å²) in [7, 11) is 2.21. The van der Waals surface area contributed by atoms with Crippen molar-refractivity contribution in [2.45, 2.75) is 37.9 Å². The van der Waals surface area contributed by atoms with Crippen LogP contribution in [0.25, 0.3) is 0 Å². The number of likely N-dealkylation sites (N-methyl/N-ethyl adjacent to an activating group) is 1. The third-order valence-corrected chi connectivity index (χ3v) is 8.46. The Labute approximate surface area is 223 Å². The summed E-state index contributed by atoms with van der Waals surface area (Å²) in [5.41, 5.74) is 4.01. The van der Waals surface area contributed by atoms with Crippen molar-refractivity contribution in [2.75, 3.05) is 46.3 Å². The Balaban J connectivity index is 1.23. The van der Waals surface area contributed by atoms with Crippen molar-refractivity contribution in [3.8, 4) is 0 Å². The van der Waals surface area contributed by atoms with Crippen molar-refractivity contribution in [1.82, 2.24) is 24.6 Å². The molecule has 36 heavy (non-hydrogen) atoms. The Kier molecular flexibility index (Phi) is 6.96. The maximum atomic E-state index is 5.22. The van der Waals surface area contributed by atoms with Gasteiger partial charge < -0.3 is 14.7 Å². The van der Waals surface area contributed by atoms with Gasteiger partial charge in [0.25, 0.3) is 0 Å². The van der Waals surface area contributed by atoms with Crippen LogP contribution in [-0.2, 0) is 13.0 Å². The van der Waals surface area contributed by atoms with E-state index in [4.69, 9.17) is 9.98 Å². The topological polar surface area (TPSA) is 38.2 Å². The number of nitrogens with zero attached hydrogens (tertiary/aromatic N) is 6. The van der Waals surface area contributed by atoms with Crippen LogP contribution in [0.4, 0.5) is 0 Å². The largest absolute Gasteiger partial charge is 0.355 e. The highest BCUT2D eigenvalue weighted by molar-refractivity contribution is 9.10. The van der Waals surface area contributed by atoms with E-state index in [0.717, 1.165) is 69.0 Å². The molecule has 6 nitrogen and oxygen atoms in total. The van der Waals surface area contributed by atoms with Gasteiger partial charge in [-0.25, -0.2) is 0 Å². The van der Waals surface area contributed by atoms with Gasteiger partial charge in [-0.2, -0.15) is 0 Å². The van der Waals surface area contributed by atoms with Crippen molar-refractivity contribution in [3.05, 3.63) is 87.9 Å². The number of halogens is 1. The number of aryl methyl sites for hydroxylation is 1. The van der Waals surface area contributed by atoms with Gasteiger partial charge in [0.05, 0.1) is 17.8 Å². The maximum absolute atomic E-state index is 5.22. The molecule has 6 rings (SSSR count). The molecule has 1 saturated heterocycles. The molecule has 1 aliphatic carbocycles. The molecule has 7 heteroatoms. The van der Waals surface area contributed by atoms with E-state index in [-0.39, 0.29) is 6.04 Å². The Morgan fingerprint density at radius 1 is 1.08 bits per heavy atom. The van der Waals surface area contributed by atoms with E-state index in [1.54, 1.807) is 0 Å². The molecule has 0 amide bonds. The third-order valence-electron chi connectivity index (χ3n) is 7.93. The Morgan fingerprint density at radius 2 is 1.92 bits per heavy atom. The normalized spacial score (nSPS) is 24.0. The predicted molar refractivity (Wildman–Crippen MR) is 149 cm³/mol. The van der Waals surface area contributed by atoms with Crippen molar-refractivity contribution < 1.29 is 0 Å². The highest BCUT2D eigenvalue weighted by atomic mass is 79.9. The molecular formula is C29H35BrN6. The molecule has 0 saturated carbocycles. The zero-order valence-electron chi connectivity index (χ0n) is 21.1. The van der Waals surface area contributed by atoms with Crippen LogP contribution in [0.5, 0.6) is 0 Å². The minimum atomic E-state index is 0.239. The predicted octanol–water partition coefficient (Wildman–Crippen LogP) is 4.47. The molecule has 188 valence electrons. The highest BCUT2D eigenvalue weighted by Gasteiger charge is 2.34. The number of aliphatic imine (C=N–C) groups is 1. The lowest BCUT2D eigenvalue weighted by molar-refractivity contribution is 0.145. The van der Waals surface area contributed by atoms with Crippen LogP contribution in [0.3, 0.4) is 0 Å². The zero-order chi connectivity index (χ0) is 24.5. The second-order valence-electron chi connectivity index (χ2n) is 10.4. The summed E-state index contributed by atoms with van der Waals surface area (Å²) >= 11 is 3.59. The van der Waals surface area contributed by atoms with Gasteiger partial charge in [0.1, 0.15) is 11.7 Å². The number of hydrogen-bond donors (Lipinski definition) is 0. The van der Waals surface area contributed by atoms with Crippen LogP contribution >= 0.6 is 15.9 Å². The molecule has 1 fully saturated rings. The minimum Gasteiger partial charge on any atom is -0.355 e. The average Bonchev–Trinajstić information content (AvgIpc) is 3.32. The lowest BCUT2D eigenvalue weighted by atomic mass is 9.90. The number of benzene rings is 1. The fraction of sp³-hybridized carbons (Fsp3) is 0.448. The first-order valence-corrected chi connectivity index (χ1v) is 14.0. The smallest absolute Gasteiger partial charge is 0.129 e. The second kappa shape index (κ2) is 10.5. The van der Waals surface area contributed by atoms with Crippen LogP contribution in [0.1, 0.15) is 35.7 Å². The first kappa shape index (κ1) is 23.9. The zero-order valence-corrected chi connectivity index (χ0v) is 22.6. The minimum absolute atomic E-state index is 0.239. The first-order chi connectivity index (χ1) is 17.6. The van der Waals surface area contributed by atoms with Gasteiger partial charge in [-0.05, 0) is 67.8 Å². The maximum Gasteiger partial charge on any atom is 0.129 e. The molecule has 1 aromatic carbocycles. The SMILES string of the molecule is CN1CCN(C2=CC=CC3=NC(CN(Cc4ccc(Br)cc4)[C@H]4CCCc5cccnc54)CN23)CC1. The molecule has 0 spiro atoms. The molecule has 4 aliphatic rings. The van der Waals surface area contributed by atoms with Gasteiger partial charge in [0, 0.05) is 56.5 Å². The number of rotatable bonds is 6. The van der Waals surface area contributed by atoms with Crippen LogP contribution < -0.4 is 0 Å². The van der Waals surface area contributed by atoms with Gasteiger partial charge in [-0.1, -0.05) is 40.2 Å². The Bertz CT molecular complexity index is 1160. The Hall–Kier alpha value is -2.48. The van der Waals surface area contributed by atoms with Crippen molar-refractivity contribution in [3.63, 3.8) is 0 Å². The van der Waals surface area contributed by atoms with Crippen molar-refractivity contribution in [1.29, 1.82) is 0 Å². The Morgan fingerprint density at radius 3 is 2.75 bits per heavy atom. The average molecular weight is 548 g/mol. The second-order valence-corrected chi connectivity index (χ2v) is 11.4. The third kappa shape index (κ3) is 5.01. The standard InChI is InChI=1S/C29H35BrN6/c1-33-15-17-34(18-16-33)28-9-3-8-27-32-25(21-36(27)28)20-35(19-22-10-12-24(30)13-11-22)26-7-2-5-23-6-4-14-31-29(23)26/h3-4,6,8-14,25-26H,2,5,7,15-21H2,1H3/t25?,26-/m0/s1. The van der Waals surface area contributed by atoms with Gasteiger partial charge in [-0.3, -0.25) is 14.9 Å². The van der Waals surface area contributed by atoms with E-state index >= 15 is 0 Å². The molecule has 1 unspecified atom stereocenters. The number of aromatic nitrogens is 1. The number of fused-ring (bicyclic) bond motifs is 2. The molecule has 0 N–H and O–H groups in total. The van der Waals surface area contributed by atoms with Crippen LogP contribution in [0, 0.1) is 0 Å². The quantitative estimate of drug-likeness (QED) is 0.534. The van der Waals surface area contributed by atoms with E-state index in [1.165, 1.54) is 29.1 Å². The van der Waals surface area contributed by atoms with E-state index in [0.29, 0.717) is 6.04 Å². The monoisotopic (exact) mass is 546 g/mol. The fourth-order valence-corrected chi connectivity index (χ4v) is 6.27. The number of amidine groups is 1. The van der Waals surface area contributed by atoms with Crippen LogP contribution in [-0.4, -0.2) is 82.8 Å². The summed E-state index contributed by atoms with van der Waals surface area (Å²) in [5.74, 6) is 2.43. The lowest BCUT2D eigenvalue weighted by Gasteiger charge is -2.40. The molecule has 2 aromatic rings. The molecular weight excluding hydrogens is 512 g/mol. The molecule has 0 radical (unpaired) electrons. The van der Waals surface area contributed by atoms with E-state index in [2.05, 4.69) is 97.2 Å². The number of allylic oxidation sites excluding steroid dienone is 2. The van der Waals surface area contributed by atoms with Gasteiger partial charge in [-0.15, -0.1) is 0 Å². The molecule has 1 aromatic heterocycles. The summed E-state index contributed by atoms with van der Waals surface area (Å²) in [6.07, 6.45) is 12.1. The summed E-state index contributed by atoms with van der Waals surface area (Å²) < 4.78 is 1.12. The summed E-state index contributed by atoms with van der Waals surface area (Å²) in [5, 5.41) is 0. The first-order valence-electron chi connectivity index (χ1n) is 13.2. The summed E-state index contributed by atoms with van der Waals surface area (Å²) in [6, 6.07) is 13.7. The number of piperazine rings is 1.